The van der Waals surface area contributed by atoms with Gasteiger partial charge in [-0.25, -0.2) is 8.42 Å². The first-order valence-corrected chi connectivity index (χ1v) is 5.57. The number of benzene rings is 1. The molecule has 0 aliphatic carbocycles. The van der Waals surface area contributed by atoms with E-state index in [1.807, 2.05) is 0 Å². The van der Waals surface area contributed by atoms with Gasteiger partial charge in [-0.2, -0.15) is 13.2 Å². The Balaban J connectivity index is 3.23. The van der Waals surface area contributed by atoms with E-state index in [9.17, 15) is 26.4 Å². The zero-order chi connectivity index (χ0) is 12.6. The van der Waals surface area contributed by atoms with Crippen LogP contribution in [0.2, 0.25) is 0 Å². The lowest BCUT2D eigenvalue weighted by molar-refractivity contribution is -0.161. The molecule has 1 aromatic carbocycles. The second kappa shape index (κ2) is 3.89. The highest BCUT2D eigenvalue weighted by Gasteiger charge is 2.48. The van der Waals surface area contributed by atoms with Gasteiger partial charge in [0.15, 0.2) is 0 Å². The Kier molecular flexibility index (Phi) is 3.09. The van der Waals surface area contributed by atoms with Gasteiger partial charge in [0.25, 0.3) is 0 Å². The Labute approximate surface area is 89.8 Å². The minimum absolute atomic E-state index is 0.652. The lowest BCUT2D eigenvalue weighted by Crippen LogP contribution is -2.30. The third kappa shape index (κ3) is 2.41. The third-order valence-electron chi connectivity index (χ3n) is 1.81. The summed E-state index contributed by atoms with van der Waals surface area (Å²) in [4.78, 5) is 10.0. The molecule has 0 heterocycles. The van der Waals surface area contributed by atoms with Crippen molar-refractivity contribution in [1.29, 1.82) is 0 Å². The van der Waals surface area contributed by atoms with Crippen LogP contribution in [0.3, 0.4) is 0 Å². The predicted molar refractivity (Wildman–Crippen MR) is 49.4 cm³/mol. The molecule has 0 amide bonds. The van der Waals surface area contributed by atoms with E-state index in [0.717, 1.165) is 12.1 Å². The van der Waals surface area contributed by atoms with Crippen LogP contribution >= 0.6 is 0 Å². The Morgan fingerprint density at radius 3 is 1.94 bits per heavy atom. The maximum atomic E-state index is 12.0. The van der Waals surface area contributed by atoms with Gasteiger partial charge in [-0.15, -0.1) is 0 Å². The molecule has 0 saturated heterocycles. The van der Waals surface area contributed by atoms with Crippen molar-refractivity contribution in [2.45, 2.75) is 18.0 Å². The Morgan fingerprint density at radius 1 is 1.12 bits per heavy atom. The second-order valence-corrected chi connectivity index (χ2v) is 4.95. The summed E-state index contributed by atoms with van der Waals surface area (Å²) in [6, 6.07) is 4.57. The van der Waals surface area contributed by atoms with Crippen molar-refractivity contribution in [3.8, 4) is 0 Å². The Hall–Kier alpha value is -1.37. The first-order chi connectivity index (χ1) is 7.15. The van der Waals surface area contributed by atoms with Crippen LogP contribution in [-0.4, -0.2) is 19.7 Å². The molecule has 3 nitrogen and oxygen atoms in total. The molecule has 16 heavy (non-hydrogen) atoms. The number of halogens is 3. The number of sulfone groups is 1. The van der Waals surface area contributed by atoms with E-state index in [-0.39, 0.29) is 0 Å². The third-order valence-corrected chi connectivity index (χ3v) is 3.42. The van der Waals surface area contributed by atoms with E-state index in [2.05, 4.69) is 0 Å². The fourth-order valence-electron chi connectivity index (χ4n) is 0.977. The van der Waals surface area contributed by atoms with Gasteiger partial charge in [-0.05, 0) is 19.1 Å². The Bertz CT molecular complexity index is 500. The molecule has 0 atom stereocenters. The average Bonchev–Trinajstić information content (AvgIpc) is 2.16. The minimum atomic E-state index is -5.39. The maximum absolute atomic E-state index is 12.0. The molecule has 0 aliphatic heterocycles. The zero-order valence-electron chi connectivity index (χ0n) is 8.08. The number of alkyl halides is 3. The van der Waals surface area contributed by atoms with E-state index in [1.54, 1.807) is 6.92 Å². The molecule has 88 valence electrons. The molecule has 1 rings (SSSR count). The summed E-state index contributed by atoms with van der Waals surface area (Å²) >= 11 is 0. The van der Waals surface area contributed by atoms with E-state index >= 15 is 0 Å². The largest absolute Gasteiger partial charge is 0.466 e. The van der Waals surface area contributed by atoms with Gasteiger partial charge in [0.05, 0.1) is 4.90 Å². The van der Waals surface area contributed by atoms with Crippen LogP contribution < -0.4 is 0 Å². The van der Waals surface area contributed by atoms with Crippen molar-refractivity contribution in [3.05, 3.63) is 29.8 Å². The highest BCUT2D eigenvalue weighted by Crippen LogP contribution is 2.24. The fraction of sp³-hybridized carbons (Fsp3) is 0.222. The summed E-state index contributed by atoms with van der Waals surface area (Å²) in [5.41, 5.74) is 0.679. The highest BCUT2D eigenvalue weighted by molar-refractivity contribution is 8.06. The average molecular weight is 252 g/mol. The quantitative estimate of drug-likeness (QED) is 0.766. The van der Waals surface area contributed by atoms with Gasteiger partial charge in [0, 0.05) is 0 Å². The molecule has 0 spiro atoms. The topological polar surface area (TPSA) is 51.2 Å². The molecule has 0 aliphatic rings. The fourth-order valence-corrected chi connectivity index (χ4v) is 1.99. The lowest BCUT2D eigenvalue weighted by Gasteiger charge is -2.06. The first-order valence-electron chi connectivity index (χ1n) is 4.08. The summed E-state index contributed by atoms with van der Waals surface area (Å²) in [5, 5.41) is -2.75. The summed E-state index contributed by atoms with van der Waals surface area (Å²) in [6.45, 7) is 1.64. The van der Waals surface area contributed by atoms with E-state index in [1.165, 1.54) is 12.1 Å². The summed E-state index contributed by atoms with van der Waals surface area (Å²) in [6.07, 6.45) is -5.39. The number of hydrogen-bond donors (Lipinski definition) is 0. The van der Waals surface area contributed by atoms with Gasteiger partial charge in [0.2, 0.25) is 9.84 Å². The molecule has 0 bridgehead atoms. The molecule has 0 radical (unpaired) electrons. The molecule has 7 heteroatoms. The highest BCUT2D eigenvalue weighted by atomic mass is 32.2. The second-order valence-electron chi connectivity index (χ2n) is 3.10. The predicted octanol–water partition coefficient (Wildman–Crippen LogP) is 1.86. The number of hydrogen-bond acceptors (Lipinski definition) is 3. The zero-order valence-corrected chi connectivity index (χ0v) is 8.89. The number of carbonyl (C=O) groups is 1. The SMILES string of the molecule is Cc1ccc(S(=O)(=O)C(=O)C(F)(F)F)cc1. The van der Waals surface area contributed by atoms with Crippen molar-refractivity contribution in [2.24, 2.45) is 0 Å². The van der Waals surface area contributed by atoms with Crippen LogP contribution in [0.4, 0.5) is 13.2 Å². The molecular weight excluding hydrogens is 245 g/mol. The molecule has 0 aromatic heterocycles. The van der Waals surface area contributed by atoms with Crippen LogP contribution in [0.1, 0.15) is 5.56 Å². The standard InChI is InChI=1S/C9H7F3O3S/c1-6-2-4-7(5-3-6)16(14,15)8(13)9(10,11)12/h2-5H,1H3. The van der Waals surface area contributed by atoms with Crippen LogP contribution in [0.5, 0.6) is 0 Å². The van der Waals surface area contributed by atoms with Crippen LogP contribution in [0, 0.1) is 6.92 Å². The maximum Gasteiger partial charge on any atom is 0.466 e. The smallest absolute Gasteiger partial charge is 0.271 e. The number of carbonyl (C=O) groups excluding carboxylic acids is 1. The first kappa shape index (κ1) is 12.7. The van der Waals surface area contributed by atoms with Gasteiger partial charge in [-0.3, -0.25) is 4.79 Å². The lowest BCUT2D eigenvalue weighted by atomic mass is 10.2. The normalized spacial score (nSPS) is 12.5. The summed E-state index contributed by atoms with van der Waals surface area (Å²) < 4.78 is 58.4. The summed E-state index contributed by atoms with van der Waals surface area (Å²) in [5.74, 6) is 0. The van der Waals surface area contributed by atoms with Gasteiger partial charge in [-0.1, -0.05) is 17.7 Å². The van der Waals surface area contributed by atoms with Gasteiger partial charge in [0.1, 0.15) is 0 Å². The van der Waals surface area contributed by atoms with Crippen molar-refractivity contribution in [1.82, 2.24) is 0 Å². The molecule has 0 N–H and O–H groups in total. The van der Waals surface area contributed by atoms with Crippen LogP contribution in [0.25, 0.3) is 0 Å². The van der Waals surface area contributed by atoms with E-state index in [4.69, 9.17) is 0 Å². The molecule has 0 saturated carbocycles. The van der Waals surface area contributed by atoms with E-state index < -0.39 is 26.0 Å². The van der Waals surface area contributed by atoms with Crippen LogP contribution in [0.15, 0.2) is 29.2 Å². The molecule has 0 unspecified atom stereocenters. The van der Waals surface area contributed by atoms with E-state index in [0.29, 0.717) is 5.56 Å². The van der Waals surface area contributed by atoms with Crippen molar-refractivity contribution < 1.29 is 26.4 Å². The van der Waals surface area contributed by atoms with Crippen LogP contribution in [-0.2, 0) is 14.6 Å². The molecular formula is C9H7F3O3S. The molecule has 0 fully saturated rings. The Morgan fingerprint density at radius 2 is 1.56 bits per heavy atom. The number of aryl methyl sites for hydroxylation is 1. The minimum Gasteiger partial charge on any atom is -0.271 e. The monoisotopic (exact) mass is 252 g/mol. The van der Waals surface area contributed by atoms with Crippen molar-refractivity contribution >= 4 is 15.0 Å². The molecule has 1 aromatic rings. The summed E-state index contributed by atoms with van der Waals surface area (Å²) in [7, 11) is -4.98. The van der Waals surface area contributed by atoms with Gasteiger partial charge < -0.3 is 0 Å². The van der Waals surface area contributed by atoms with Crippen molar-refractivity contribution in [3.63, 3.8) is 0 Å². The van der Waals surface area contributed by atoms with Crippen molar-refractivity contribution in [2.75, 3.05) is 0 Å². The van der Waals surface area contributed by atoms with Gasteiger partial charge >= 0.3 is 11.3 Å². The number of rotatable bonds is 1.